The molecule has 1 aromatic heterocycles. The van der Waals surface area contributed by atoms with E-state index in [2.05, 4.69) is 4.72 Å². The van der Waals surface area contributed by atoms with Crippen LogP contribution in [0.25, 0.3) is 0 Å². The van der Waals surface area contributed by atoms with E-state index in [1.165, 1.54) is 30.7 Å². The Morgan fingerprint density at radius 3 is 2.74 bits per heavy atom. The fourth-order valence-corrected chi connectivity index (χ4v) is 2.79. The molecule has 0 aliphatic rings. The van der Waals surface area contributed by atoms with E-state index in [0.717, 1.165) is 5.56 Å². The molecule has 0 unspecified atom stereocenters. The summed E-state index contributed by atoms with van der Waals surface area (Å²) in [6.07, 6.45) is 2.97. The average molecular weight is 301 g/mol. The molecular weight excluding hydrogens is 288 g/mol. The van der Waals surface area contributed by atoms with Crippen molar-refractivity contribution in [3.63, 3.8) is 0 Å². The summed E-state index contributed by atoms with van der Waals surface area (Å²) in [7, 11) is -3.59. The van der Waals surface area contributed by atoms with Gasteiger partial charge in [0.15, 0.2) is 0 Å². The predicted molar refractivity (Wildman–Crippen MR) is 72.1 cm³/mol. The summed E-state index contributed by atoms with van der Waals surface area (Å²) in [6.45, 7) is 0.351. The van der Waals surface area contributed by atoms with Gasteiger partial charge in [-0.05, 0) is 29.8 Å². The molecule has 2 rings (SSSR count). The molecule has 102 valence electrons. The molecule has 2 aromatic rings. The Bertz CT molecular complexity index is 654. The van der Waals surface area contributed by atoms with Crippen LogP contribution in [0.1, 0.15) is 11.1 Å². The first kappa shape index (κ1) is 14.1. The Kier molecular flexibility index (Phi) is 4.26. The van der Waals surface area contributed by atoms with Gasteiger partial charge in [-0.1, -0.05) is 11.6 Å². The van der Waals surface area contributed by atoms with Crippen LogP contribution in [0.3, 0.4) is 0 Å². The van der Waals surface area contributed by atoms with Crippen molar-refractivity contribution in [3.8, 4) is 0 Å². The van der Waals surface area contributed by atoms with E-state index in [1.54, 1.807) is 6.07 Å². The minimum absolute atomic E-state index is 0.140. The van der Waals surface area contributed by atoms with Crippen LogP contribution in [0, 0.1) is 0 Å². The fraction of sp³-hybridized carbons (Fsp3) is 0.167. The molecule has 0 fully saturated rings. The molecule has 3 N–H and O–H groups in total. The van der Waals surface area contributed by atoms with Gasteiger partial charge in [0.1, 0.15) is 0 Å². The summed E-state index contributed by atoms with van der Waals surface area (Å²) in [5.74, 6) is 0. The molecule has 1 heterocycles. The van der Waals surface area contributed by atoms with Crippen molar-refractivity contribution >= 4 is 21.6 Å². The van der Waals surface area contributed by atoms with Gasteiger partial charge < -0.3 is 10.2 Å². The summed E-state index contributed by atoms with van der Waals surface area (Å²) in [4.78, 5) is 0.140. The molecule has 0 aliphatic heterocycles. The minimum Gasteiger partial charge on any atom is -0.472 e. The van der Waals surface area contributed by atoms with Crippen molar-refractivity contribution in [1.82, 2.24) is 4.72 Å². The number of rotatable bonds is 5. The van der Waals surface area contributed by atoms with E-state index in [4.69, 9.17) is 21.8 Å². The van der Waals surface area contributed by atoms with Crippen LogP contribution in [-0.2, 0) is 23.1 Å². The van der Waals surface area contributed by atoms with Gasteiger partial charge in [0.05, 0.1) is 17.4 Å². The largest absolute Gasteiger partial charge is 0.472 e. The van der Waals surface area contributed by atoms with Crippen LogP contribution in [0.2, 0.25) is 5.02 Å². The van der Waals surface area contributed by atoms with Crippen molar-refractivity contribution in [2.75, 3.05) is 0 Å². The Balaban J connectivity index is 2.19. The highest BCUT2D eigenvalue weighted by molar-refractivity contribution is 7.89. The molecule has 1 aromatic carbocycles. The van der Waals surface area contributed by atoms with Gasteiger partial charge in [-0.15, -0.1) is 0 Å². The third kappa shape index (κ3) is 3.36. The number of hydrogen-bond acceptors (Lipinski definition) is 4. The van der Waals surface area contributed by atoms with E-state index in [0.29, 0.717) is 10.6 Å². The first-order valence-corrected chi connectivity index (χ1v) is 7.38. The molecule has 0 radical (unpaired) electrons. The van der Waals surface area contributed by atoms with Gasteiger partial charge in [0.25, 0.3) is 0 Å². The van der Waals surface area contributed by atoms with Crippen LogP contribution < -0.4 is 10.5 Å². The highest BCUT2D eigenvalue weighted by Gasteiger charge is 2.15. The first-order chi connectivity index (χ1) is 9.03. The number of hydrogen-bond donors (Lipinski definition) is 2. The zero-order chi connectivity index (χ0) is 13.9. The van der Waals surface area contributed by atoms with Gasteiger partial charge in [-0.25, -0.2) is 13.1 Å². The second kappa shape index (κ2) is 5.75. The molecule has 0 aliphatic carbocycles. The maximum Gasteiger partial charge on any atom is 0.240 e. The molecular formula is C12H13ClN2O3S. The van der Waals surface area contributed by atoms with Crippen molar-refractivity contribution in [1.29, 1.82) is 0 Å². The monoisotopic (exact) mass is 300 g/mol. The average Bonchev–Trinajstić information content (AvgIpc) is 2.90. The second-order valence-corrected chi connectivity index (χ2v) is 6.09. The zero-order valence-corrected chi connectivity index (χ0v) is 11.5. The molecule has 19 heavy (non-hydrogen) atoms. The van der Waals surface area contributed by atoms with Crippen LogP contribution in [-0.4, -0.2) is 8.42 Å². The molecule has 0 spiro atoms. The SMILES string of the molecule is NCc1cc(S(=O)(=O)NCc2ccoc2)ccc1Cl. The lowest BCUT2D eigenvalue weighted by Crippen LogP contribution is -2.23. The van der Waals surface area contributed by atoms with Gasteiger partial charge in [-0.2, -0.15) is 0 Å². The molecule has 5 nitrogen and oxygen atoms in total. The van der Waals surface area contributed by atoms with E-state index < -0.39 is 10.0 Å². The lowest BCUT2D eigenvalue weighted by atomic mass is 10.2. The second-order valence-electron chi connectivity index (χ2n) is 3.91. The normalized spacial score (nSPS) is 11.7. The highest BCUT2D eigenvalue weighted by Crippen LogP contribution is 2.20. The number of halogens is 1. The Hall–Kier alpha value is -1.34. The van der Waals surface area contributed by atoms with Gasteiger partial charge in [0.2, 0.25) is 10.0 Å². The summed E-state index contributed by atoms with van der Waals surface area (Å²) < 4.78 is 31.5. The molecule has 7 heteroatoms. The summed E-state index contributed by atoms with van der Waals surface area (Å²) in [6, 6.07) is 6.13. The maximum absolute atomic E-state index is 12.1. The lowest BCUT2D eigenvalue weighted by molar-refractivity contribution is 0.561. The number of benzene rings is 1. The highest BCUT2D eigenvalue weighted by atomic mass is 35.5. The summed E-state index contributed by atoms with van der Waals surface area (Å²) in [5, 5.41) is 0.455. The molecule has 0 saturated carbocycles. The molecule has 0 atom stereocenters. The smallest absolute Gasteiger partial charge is 0.240 e. The third-order valence-electron chi connectivity index (χ3n) is 2.59. The van der Waals surface area contributed by atoms with Crippen molar-refractivity contribution in [2.45, 2.75) is 18.0 Å². The van der Waals surface area contributed by atoms with Gasteiger partial charge >= 0.3 is 0 Å². The predicted octanol–water partition coefficient (Wildman–Crippen LogP) is 1.87. The van der Waals surface area contributed by atoms with E-state index >= 15 is 0 Å². The maximum atomic E-state index is 12.1. The zero-order valence-electron chi connectivity index (χ0n) is 9.97. The summed E-state index contributed by atoms with van der Waals surface area (Å²) in [5.41, 5.74) is 6.84. The molecule has 0 saturated heterocycles. The van der Waals surface area contributed by atoms with Crippen LogP contribution in [0.15, 0.2) is 46.1 Å². The van der Waals surface area contributed by atoms with Crippen molar-refractivity contribution in [3.05, 3.63) is 52.9 Å². The Labute approximate surface area is 116 Å². The lowest BCUT2D eigenvalue weighted by Gasteiger charge is -2.08. The number of nitrogens with two attached hydrogens (primary N) is 1. The molecule has 0 amide bonds. The van der Waals surface area contributed by atoms with E-state index in [-0.39, 0.29) is 18.0 Å². The standard InChI is InChI=1S/C12H13ClN2O3S/c13-12-2-1-11(5-10(12)6-14)19(16,17)15-7-9-3-4-18-8-9/h1-5,8,15H,6-7,14H2. The van der Waals surface area contributed by atoms with Crippen LogP contribution >= 0.6 is 11.6 Å². The number of nitrogens with one attached hydrogen (secondary N) is 1. The van der Waals surface area contributed by atoms with Crippen molar-refractivity contribution < 1.29 is 12.8 Å². The minimum atomic E-state index is -3.59. The van der Waals surface area contributed by atoms with Crippen molar-refractivity contribution in [2.24, 2.45) is 5.73 Å². The third-order valence-corrected chi connectivity index (χ3v) is 4.36. The van der Waals surface area contributed by atoms with Gasteiger partial charge in [-0.3, -0.25) is 0 Å². The van der Waals surface area contributed by atoms with Gasteiger partial charge in [0, 0.05) is 23.7 Å². The van der Waals surface area contributed by atoms with Crippen LogP contribution in [0.5, 0.6) is 0 Å². The number of sulfonamides is 1. The fourth-order valence-electron chi connectivity index (χ4n) is 1.53. The van der Waals surface area contributed by atoms with E-state index in [1.807, 2.05) is 0 Å². The van der Waals surface area contributed by atoms with Crippen LogP contribution in [0.4, 0.5) is 0 Å². The van der Waals surface area contributed by atoms with E-state index in [9.17, 15) is 8.42 Å². The summed E-state index contributed by atoms with van der Waals surface area (Å²) >= 11 is 5.90. The Morgan fingerprint density at radius 1 is 1.32 bits per heavy atom. The topological polar surface area (TPSA) is 85.3 Å². The molecule has 0 bridgehead atoms. The Morgan fingerprint density at radius 2 is 2.11 bits per heavy atom. The number of furan rings is 1. The first-order valence-electron chi connectivity index (χ1n) is 5.52. The quantitative estimate of drug-likeness (QED) is 0.882.